The van der Waals surface area contributed by atoms with Crippen LogP contribution in [0.5, 0.6) is 0 Å². The van der Waals surface area contributed by atoms with Crippen molar-refractivity contribution in [2.45, 2.75) is 45.4 Å². The molecule has 1 aromatic rings. The number of aliphatic hydroxyl groups is 5. The van der Waals surface area contributed by atoms with Crippen molar-refractivity contribution < 1.29 is 25.5 Å². The molecule has 0 saturated heterocycles. The van der Waals surface area contributed by atoms with Crippen molar-refractivity contribution in [3.8, 4) is 0 Å². The number of anilines is 1. The lowest BCUT2D eigenvalue weighted by molar-refractivity contribution is 0.263. The molecule has 0 heterocycles. The first kappa shape index (κ1) is 35.1. The van der Waals surface area contributed by atoms with E-state index in [4.69, 9.17) is 54.2 Å². The predicted molar refractivity (Wildman–Crippen MR) is 120 cm³/mol. The highest BCUT2D eigenvalue weighted by atomic mass is 16.3. The summed E-state index contributed by atoms with van der Waals surface area (Å²) < 4.78 is 0. The van der Waals surface area contributed by atoms with Crippen LogP contribution in [-0.2, 0) is 6.61 Å². The van der Waals surface area contributed by atoms with E-state index >= 15 is 0 Å². The Morgan fingerprint density at radius 3 is 1.48 bits per heavy atom. The Hall–Kier alpha value is -1.34. The number of hydrogen-bond acceptors (Lipinski definition) is 10. The van der Waals surface area contributed by atoms with Crippen molar-refractivity contribution in [3.63, 3.8) is 0 Å². The quantitative estimate of drug-likeness (QED) is 0.218. The lowest BCUT2D eigenvalue weighted by Gasteiger charge is -1.98. The summed E-state index contributed by atoms with van der Waals surface area (Å²) in [5.74, 6) is 0. The fourth-order valence-electron chi connectivity index (χ4n) is 0.899. The van der Waals surface area contributed by atoms with Gasteiger partial charge >= 0.3 is 0 Å². The Labute approximate surface area is 175 Å². The highest BCUT2D eigenvalue weighted by Crippen LogP contribution is 2.08. The summed E-state index contributed by atoms with van der Waals surface area (Å²) in [4.78, 5) is 0. The maximum Gasteiger partial charge on any atom is 0.0701 e. The van der Waals surface area contributed by atoms with Crippen molar-refractivity contribution >= 4 is 5.69 Å². The minimum atomic E-state index is -0.0602. The third kappa shape index (κ3) is 38.0. The molecule has 0 spiro atoms. The molecule has 0 bridgehead atoms. The van der Waals surface area contributed by atoms with E-state index in [-0.39, 0.29) is 45.1 Å². The molecule has 1 aromatic carbocycles. The van der Waals surface area contributed by atoms with Crippen molar-refractivity contribution in [1.29, 1.82) is 0 Å². The molecule has 2 atom stereocenters. The molecule has 29 heavy (non-hydrogen) atoms. The third-order valence-electron chi connectivity index (χ3n) is 2.76. The van der Waals surface area contributed by atoms with Crippen LogP contribution in [0.2, 0.25) is 0 Å². The average molecular weight is 424 g/mol. The van der Waals surface area contributed by atoms with Crippen LogP contribution in [0.1, 0.15) is 32.3 Å². The van der Waals surface area contributed by atoms with Gasteiger partial charge in [-0.25, -0.2) is 0 Å². The Morgan fingerprint density at radius 2 is 1.34 bits per heavy atom. The minimum Gasteiger partial charge on any atom is -0.398 e. The van der Waals surface area contributed by atoms with Crippen molar-refractivity contribution in [2.75, 3.05) is 45.3 Å². The Bertz CT molecular complexity index is 393. The molecule has 1 rings (SSSR count). The molecular formula is C19H45N5O5. The Balaban J connectivity index is -0.000000140. The van der Waals surface area contributed by atoms with Gasteiger partial charge in [0.15, 0.2) is 0 Å². The molecule has 0 fully saturated rings. The van der Waals surface area contributed by atoms with Gasteiger partial charge in [-0.3, -0.25) is 0 Å². The molecular weight excluding hydrogens is 378 g/mol. The fraction of sp³-hybridized carbons (Fsp3) is 0.684. The number of para-hydroxylation sites is 1. The van der Waals surface area contributed by atoms with Gasteiger partial charge in [-0.15, -0.1) is 0 Å². The van der Waals surface area contributed by atoms with E-state index in [1.165, 1.54) is 0 Å². The Kier molecular flexibility index (Phi) is 38.0. The second-order valence-electron chi connectivity index (χ2n) is 5.75. The van der Waals surface area contributed by atoms with Crippen molar-refractivity contribution in [2.24, 2.45) is 22.9 Å². The van der Waals surface area contributed by atoms with Gasteiger partial charge in [0.05, 0.1) is 26.4 Å². The number of rotatable bonds is 7. The monoisotopic (exact) mass is 423 g/mol. The first-order valence-corrected chi connectivity index (χ1v) is 9.54. The molecule has 0 aliphatic rings. The summed E-state index contributed by atoms with van der Waals surface area (Å²) >= 11 is 0. The maximum atomic E-state index is 8.64. The van der Waals surface area contributed by atoms with Crippen LogP contribution in [0.15, 0.2) is 24.3 Å². The number of nitrogen functional groups attached to an aromatic ring is 1. The van der Waals surface area contributed by atoms with Gasteiger partial charge in [0.1, 0.15) is 0 Å². The summed E-state index contributed by atoms with van der Waals surface area (Å²) in [6.45, 7) is 5.19. The van der Waals surface area contributed by atoms with E-state index < -0.39 is 0 Å². The second kappa shape index (κ2) is 31.4. The van der Waals surface area contributed by atoms with Gasteiger partial charge in [0.25, 0.3) is 0 Å². The molecule has 0 aliphatic heterocycles. The van der Waals surface area contributed by atoms with Gasteiger partial charge in [-0.05, 0) is 32.4 Å². The molecule has 10 nitrogen and oxygen atoms in total. The van der Waals surface area contributed by atoms with Gasteiger partial charge in [-0.2, -0.15) is 0 Å². The highest BCUT2D eigenvalue weighted by molar-refractivity contribution is 5.45. The third-order valence-corrected chi connectivity index (χ3v) is 2.76. The normalized spacial score (nSPS) is 11.0. The molecule has 0 aromatic heterocycles. The smallest absolute Gasteiger partial charge is 0.0701 e. The van der Waals surface area contributed by atoms with Crippen molar-refractivity contribution in [1.82, 2.24) is 0 Å². The standard InChI is InChI=1S/C7H9NO.C4H11NO.2C3H9NO.C2H7NO/c8-7-4-2-1-3-6(7)5-9;1-2-4(5)3-6;1-3(4)2-5;4-2-1-3-5;3-1-2-4/h1-4,9H,5,8H2;4,6H,2-3,5H2,1H3;3,5H,2,4H2,1H3;5H,1-4H2;4H,1-3H2. The van der Waals surface area contributed by atoms with Gasteiger partial charge < -0.3 is 54.2 Å². The van der Waals surface area contributed by atoms with E-state index in [0.29, 0.717) is 18.8 Å². The molecule has 10 heteroatoms. The number of nitrogens with two attached hydrogens (primary N) is 5. The summed E-state index contributed by atoms with van der Waals surface area (Å²) in [5, 5.41) is 40.6. The first-order chi connectivity index (χ1) is 13.7. The zero-order valence-electron chi connectivity index (χ0n) is 18.0. The predicted octanol–water partition coefficient (Wildman–Crippen LogP) is -1.93. The molecule has 2 unspecified atom stereocenters. The highest BCUT2D eigenvalue weighted by Gasteiger charge is 1.91. The van der Waals surface area contributed by atoms with Crippen LogP contribution in [0.4, 0.5) is 5.69 Å². The molecule has 15 N–H and O–H groups in total. The van der Waals surface area contributed by atoms with E-state index in [1.807, 2.05) is 19.1 Å². The van der Waals surface area contributed by atoms with Crippen LogP contribution < -0.4 is 28.7 Å². The summed E-state index contributed by atoms with van der Waals surface area (Å²) in [5.41, 5.74) is 26.9. The van der Waals surface area contributed by atoms with Crippen LogP contribution in [-0.4, -0.2) is 77.1 Å². The zero-order chi connectivity index (χ0) is 23.5. The summed E-state index contributed by atoms with van der Waals surface area (Å²) in [6.07, 6.45) is 1.58. The van der Waals surface area contributed by atoms with Gasteiger partial charge in [0.2, 0.25) is 0 Å². The first-order valence-electron chi connectivity index (χ1n) is 9.54. The molecule has 0 amide bonds. The van der Waals surface area contributed by atoms with Crippen LogP contribution in [0.25, 0.3) is 0 Å². The van der Waals surface area contributed by atoms with Crippen LogP contribution >= 0.6 is 0 Å². The van der Waals surface area contributed by atoms with Crippen LogP contribution in [0, 0.1) is 0 Å². The zero-order valence-corrected chi connectivity index (χ0v) is 18.0. The van der Waals surface area contributed by atoms with Gasteiger partial charge in [0, 0.05) is 36.5 Å². The largest absolute Gasteiger partial charge is 0.398 e. The molecule has 0 saturated carbocycles. The van der Waals surface area contributed by atoms with E-state index in [1.54, 1.807) is 19.1 Å². The molecule has 0 aliphatic carbocycles. The lowest BCUT2D eigenvalue weighted by atomic mass is 10.2. The average Bonchev–Trinajstić information content (AvgIpc) is 2.75. The SMILES string of the molecule is CC(N)CO.CCC(N)CO.NCCCO.NCCO.Nc1ccccc1CO. The lowest BCUT2D eigenvalue weighted by Crippen LogP contribution is -2.22. The van der Waals surface area contributed by atoms with Gasteiger partial charge in [-0.1, -0.05) is 25.1 Å². The number of benzene rings is 1. The van der Waals surface area contributed by atoms with E-state index in [9.17, 15) is 0 Å². The summed E-state index contributed by atoms with van der Waals surface area (Å²) in [6, 6.07) is 7.19. The second-order valence-corrected chi connectivity index (χ2v) is 5.75. The topological polar surface area (TPSA) is 231 Å². The maximum absolute atomic E-state index is 8.64. The minimum absolute atomic E-state index is 0.00926. The fourth-order valence-corrected chi connectivity index (χ4v) is 0.899. The van der Waals surface area contributed by atoms with E-state index in [2.05, 4.69) is 0 Å². The number of aliphatic hydroxyl groups excluding tert-OH is 5. The number of hydrogen-bond donors (Lipinski definition) is 10. The Morgan fingerprint density at radius 1 is 0.862 bits per heavy atom. The summed E-state index contributed by atoms with van der Waals surface area (Å²) in [7, 11) is 0. The molecule has 176 valence electrons. The van der Waals surface area contributed by atoms with Crippen molar-refractivity contribution in [3.05, 3.63) is 29.8 Å². The molecule has 0 radical (unpaired) electrons. The van der Waals surface area contributed by atoms with E-state index in [0.717, 1.165) is 18.4 Å². The van der Waals surface area contributed by atoms with Crippen LogP contribution in [0.3, 0.4) is 0 Å².